The Morgan fingerprint density at radius 1 is 0.667 bits per heavy atom. The Morgan fingerprint density at radius 2 is 0.889 bits per heavy atom. The largest absolute Gasteiger partial charge is 0.240 e. The Morgan fingerprint density at radius 3 is 1.06 bits per heavy atom. The highest BCUT2D eigenvalue weighted by molar-refractivity contribution is 6.28. The summed E-state index contributed by atoms with van der Waals surface area (Å²) in [6.07, 6.45) is 0. The van der Waals surface area contributed by atoms with E-state index in [1.54, 1.807) is 24.3 Å². The van der Waals surface area contributed by atoms with Crippen molar-refractivity contribution in [3.63, 3.8) is 0 Å². The van der Waals surface area contributed by atoms with E-state index in [2.05, 4.69) is 0 Å². The van der Waals surface area contributed by atoms with E-state index in [0.29, 0.717) is 0 Å². The number of hydrogen-bond acceptors (Lipinski definition) is 4. The molecule has 0 saturated heterocycles. The molecule has 0 spiro atoms. The third-order valence-electron chi connectivity index (χ3n) is 2.30. The van der Waals surface area contributed by atoms with E-state index in [1.165, 1.54) is 24.3 Å². The molecule has 6 heteroatoms. The number of rotatable bonds is 2. The zero-order valence-electron chi connectivity index (χ0n) is 8.85. The summed E-state index contributed by atoms with van der Waals surface area (Å²) in [5, 5.41) is 35.3. The van der Waals surface area contributed by atoms with Crippen LogP contribution < -0.4 is 0 Å². The van der Waals surface area contributed by atoms with Gasteiger partial charge in [-0.05, 0) is 0 Å². The van der Waals surface area contributed by atoms with Crippen LogP contribution in [-0.2, 0) is 9.75 Å². The fourth-order valence-electron chi connectivity index (χ4n) is 1.24. The summed E-state index contributed by atoms with van der Waals surface area (Å²) >= 11 is 11.6. The van der Waals surface area contributed by atoms with E-state index >= 15 is 0 Å². The van der Waals surface area contributed by atoms with E-state index in [9.17, 15) is 0 Å². The van der Waals surface area contributed by atoms with Crippen LogP contribution in [0, 0.1) is 45.3 Å². The summed E-state index contributed by atoms with van der Waals surface area (Å²) in [6.45, 7) is 0. The van der Waals surface area contributed by atoms with Gasteiger partial charge in [0.25, 0.3) is 0 Å². The van der Waals surface area contributed by atoms with Crippen molar-refractivity contribution in [1.29, 1.82) is 21.0 Å². The summed E-state index contributed by atoms with van der Waals surface area (Å²) in [5.74, 6) is 0. The Hall–Kier alpha value is -2.24. The SMILES string of the molecule is N#CC(Cl)(C#N)c1ccc(C(Cl)(C#N)C#N)cc1. The molecule has 0 aromatic heterocycles. The van der Waals surface area contributed by atoms with Crippen LogP contribution in [0.4, 0.5) is 0 Å². The van der Waals surface area contributed by atoms with E-state index in [4.69, 9.17) is 44.2 Å². The predicted octanol–water partition coefficient (Wildman–Crippen LogP) is 2.65. The van der Waals surface area contributed by atoms with Crippen LogP contribution in [0.25, 0.3) is 0 Å². The molecule has 86 valence electrons. The van der Waals surface area contributed by atoms with Crippen molar-refractivity contribution in [3.05, 3.63) is 35.4 Å². The molecule has 4 nitrogen and oxygen atoms in total. The molecule has 0 radical (unpaired) electrons. The molecule has 0 unspecified atom stereocenters. The monoisotopic (exact) mass is 274 g/mol. The van der Waals surface area contributed by atoms with Gasteiger partial charge in [-0.15, -0.1) is 0 Å². The summed E-state index contributed by atoms with van der Waals surface area (Å²) in [5.41, 5.74) is 0.514. The summed E-state index contributed by atoms with van der Waals surface area (Å²) in [4.78, 5) is -3.57. The number of nitrogens with zero attached hydrogens (tertiary/aromatic N) is 4. The second-order valence-electron chi connectivity index (χ2n) is 3.34. The van der Waals surface area contributed by atoms with Crippen LogP contribution in [0.1, 0.15) is 11.1 Å². The molecule has 0 bridgehead atoms. The third-order valence-corrected chi connectivity index (χ3v) is 3.07. The number of halogens is 2. The molecule has 0 aliphatic carbocycles. The second kappa shape index (κ2) is 4.95. The first-order chi connectivity index (χ1) is 8.45. The first kappa shape index (κ1) is 13.8. The quantitative estimate of drug-likeness (QED) is 0.775. The van der Waals surface area contributed by atoms with Crippen molar-refractivity contribution in [3.8, 4) is 24.3 Å². The highest BCUT2D eigenvalue weighted by atomic mass is 35.5. The lowest BCUT2D eigenvalue weighted by Gasteiger charge is -2.13. The normalized spacial score (nSPS) is 10.6. The number of benzene rings is 1. The molecular weight excluding hydrogens is 271 g/mol. The average molecular weight is 275 g/mol. The Kier molecular flexibility index (Phi) is 3.80. The molecule has 0 atom stereocenters. The van der Waals surface area contributed by atoms with Crippen molar-refractivity contribution in [2.75, 3.05) is 0 Å². The van der Waals surface area contributed by atoms with Crippen LogP contribution in [0.15, 0.2) is 24.3 Å². The number of nitriles is 4. The Bertz CT molecular complexity index is 538. The van der Waals surface area contributed by atoms with Gasteiger partial charge in [-0.2, -0.15) is 21.0 Å². The van der Waals surface area contributed by atoms with Crippen molar-refractivity contribution < 1.29 is 0 Å². The van der Waals surface area contributed by atoms with Gasteiger partial charge in [-0.1, -0.05) is 47.5 Å². The van der Waals surface area contributed by atoms with Gasteiger partial charge in [0.1, 0.15) is 24.3 Å². The zero-order valence-corrected chi connectivity index (χ0v) is 10.4. The molecule has 0 fully saturated rings. The molecular formula is C12H4Cl2N4. The molecule has 18 heavy (non-hydrogen) atoms. The lowest BCUT2D eigenvalue weighted by molar-refractivity contribution is 0.971. The fourth-order valence-corrected chi connectivity index (χ4v) is 1.49. The van der Waals surface area contributed by atoms with Gasteiger partial charge in [-0.3, -0.25) is 0 Å². The lowest BCUT2D eigenvalue weighted by atomic mass is 9.95. The fraction of sp³-hybridized carbons (Fsp3) is 0.167. The van der Waals surface area contributed by atoms with Crippen molar-refractivity contribution >= 4 is 23.2 Å². The predicted molar refractivity (Wildman–Crippen MR) is 64.0 cm³/mol. The highest BCUT2D eigenvalue weighted by Gasteiger charge is 2.32. The highest BCUT2D eigenvalue weighted by Crippen LogP contribution is 2.32. The van der Waals surface area contributed by atoms with Gasteiger partial charge >= 0.3 is 0 Å². The molecule has 1 rings (SSSR count). The second-order valence-corrected chi connectivity index (χ2v) is 4.48. The van der Waals surface area contributed by atoms with Crippen molar-refractivity contribution in [2.24, 2.45) is 0 Å². The van der Waals surface area contributed by atoms with E-state index in [-0.39, 0.29) is 11.1 Å². The molecule has 1 aromatic rings. The third kappa shape index (κ3) is 2.22. The first-order valence-electron chi connectivity index (χ1n) is 4.59. The minimum atomic E-state index is -1.78. The van der Waals surface area contributed by atoms with E-state index < -0.39 is 9.75 Å². The molecule has 0 saturated carbocycles. The maximum Gasteiger partial charge on any atom is 0.240 e. The topological polar surface area (TPSA) is 95.2 Å². The van der Waals surface area contributed by atoms with Gasteiger partial charge in [-0.25, -0.2) is 0 Å². The van der Waals surface area contributed by atoms with Gasteiger partial charge in [0.15, 0.2) is 0 Å². The maximum atomic E-state index is 8.83. The van der Waals surface area contributed by atoms with E-state index in [0.717, 1.165) is 0 Å². The molecule has 0 aliphatic rings. The first-order valence-corrected chi connectivity index (χ1v) is 5.35. The van der Waals surface area contributed by atoms with Crippen molar-refractivity contribution in [2.45, 2.75) is 9.75 Å². The molecule has 0 aliphatic heterocycles. The zero-order chi connectivity index (χ0) is 13.8. The average Bonchev–Trinajstić information content (AvgIpc) is 2.45. The summed E-state index contributed by atoms with van der Waals surface area (Å²) in [6, 6.07) is 12.2. The molecule has 0 amide bonds. The van der Waals surface area contributed by atoms with Gasteiger partial charge in [0.05, 0.1) is 0 Å². The molecule has 0 heterocycles. The Balaban J connectivity index is 3.27. The van der Waals surface area contributed by atoms with Gasteiger partial charge in [0, 0.05) is 11.1 Å². The van der Waals surface area contributed by atoms with Gasteiger partial charge < -0.3 is 0 Å². The van der Waals surface area contributed by atoms with Crippen LogP contribution in [-0.4, -0.2) is 0 Å². The molecule has 0 N–H and O–H groups in total. The van der Waals surface area contributed by atoms with Crippen molar-refractivity contribution in [1.82, 2.24) is 0 Å². The van der Waals surface area contributed by atoms with Crippen LogP contribution in [0.3, 0.4) is 0 Å². The smallest absolute Gasteiger partial charge is 0.195 e. The summed E-state index contributed by atoms with van der Waals surface area (Å²) in [7, 11) is 0. The van der Waals surface area contributed by atoms with Crippen LogP contribution in [0.5, 0.6) is 0 Å². The minimum Gasteiger partial charge on any atom is -0.195 e. The maximum absolute atomic E-state index is 8.83. The number of alkyl halides is 2. The van der Waals surface area contributed by atoms with E-state index in [1.807, 2.05) is 0 Å². The van der Waals surface area contributed by atoms with Crippen LogP contribution in [0.2, 0.25) is 0 Å². The molecule has 1 aromatic carbocycles. The van der Waals surface area contributed by atoms with Crippen LogP contribution >= 0.6 is 23.2 Å². The minimum absolute atomic E-state index is 0.257. The standard InChI is InChI=1S/C12H4Cl2N4/c13-11(5-15,6-16)9-1-2-10(4-3-9)12(14,7-17)8-18/h1-4H. The van der Waals surface area contributed by atoms with Gasteiger partial charge in [0.2, 0.25) is 9.75 Å². The summed E-state index contributed by atoms with van der Waals surface area (Å²) < 4.78 is 0. The lowest BCUT2D eigenvalue weighted by Crippen LogP contribution is -2.16. The number of hydrogen-bond donors (Lipinski definition) is 0. The Labute approximate surface area is 114 Å².